The van der Waals surface area contributed by atoms with Crippen molar-refractivity contribution in [2.24, 2.45) is 5.41 Å². The first kappa shape index (κ1) is 20.0. The third-order valence-corrected chi connectivity index (χ3v) is 4.26. The minimum atomic E-state index is -0.0856. The van der Waals surface area contributed by atoms with E-state index in [1.807, 2.05) is 36.4 Å². The molecule has 0 aromatic heterocycles. The van der Waals surface area contributed by atoms with Gasteiger partial charge in [-0.1, -0.05) is 71.9 Å². The molecule has 0 aliphatic carbocycles. The van der Waals surface area contributed by atoms with Crippen LogP contribution >= 0.6 is 0 Å². The lowest BCUT2D eigenvalue weighted by Gasteiger charge is -2.19. The van der Waals surface area contributed by atoms with Crippen molar-refractivity contribution in [2.75, 3.05) is 5.32 Å². The van der Waals surface area contributed by atoms with Crippen molar-refractivity contribution >= 4 is 17.2 Å². The maximum absolute atomic E-state index is 12.5. The van der Waals surface area contributed by atoms with E-state index in [9.17, 15) is 4.79 Å². The Morgan fingerprint density at radius 1 is 0.808 bits per heavy atom. The molecule has 2 aromatic carbocycles. The van der Waals surface area contributed by atoms with Crippen molar-refractivity contribution < 1.29 is 4.79 Å². The molecule has 0 unspecified atom stereocenters. The van der Waals surface area contributed by atoms with Crippen molar-refractivity contribution in [3.8, 4) is 0 Å². The van der Waals surface area contributed by atoms with E-state index in [0.717, 1.165) is 11.3 Å². The molecule has 138 valence electrons. The Balaban J connectivity index is 2.10. The highest BCUT2D eigenvalue weighted by Crippen LogP contribution is 2.25. The van der Waals surface area contributed by atoms with Gasteiger partial charge in [0.05, 0.1) is 0 Å². The number of hydrogen-bond acceptors (Lipinski definition) is 1. The van der Waals surface area contributed by atoms with Gasteiger partial charge in [-0.3, -0.25) is 4.79 Å². The first-order valence-corrected chi connectivity index (χ1v) is 9.17. The van der Waals surface area contributed by atoms with E-state index in [0.29, 0.717) is 5.56 Å². The van der Waals surface area contributed by atoms with Gasteiger partial charge < -0.3 is 5.32 Å². The molecule has 0 radical (unpaired) electrons. The third-order valence-electron chi connectivity index (χ3n) is 4.26. The lowest BCUT2D eigenvalue weighted by molar-refractivity contribution is 0.102. The molecule has 0 spiro atoms. The number of rotatable bonds is 3. The second-order valence-corrected chi connectivity index (χ2v) is 9.05. The Hall–Kier alpha value is -2.35. The SMILES string of the molecule is CC(=CC(C)(C)C)c1ccc(C(=O)Nc2ccc(C(C)(C)C)cc2)cc1. The normalized spacial score (nSPS) is 12.8. The van der Waals surface area contributed by atoms with Gasteiger partial charge in [-0.2, -0.15) is 0 Å². The summed E-state index contributed by atoms with van der Waals surface area (Å²) in [6.07, 6.45) is 2.25. The van der Waals surface area contributed by atoms with Crippen LogP contribution in [-0.4, -0.2) is 5.91 Å². The van der Waals surface area contributed by atoms with Crippen molar-refractivity contribution in [1.82, 2.24) is 0 Å². The van der Waals surface area contributed by atoms with E-state index >= 15 is 0 Å². The van der Waals surface area contributed by atoms with E-state index in [4.69, 9.17) is 0 Å². The molecule has 0 fully saturated rings. The highest BCUT2D eigenvalue weighted by Gasteiger charge is 2.14. The number of amides is 1. The molecule has 0 saturated heterocycles. The van der Waals surface area contributed by atoms with Gasteiger partial charge in [0, 0.05) is 11.3 Å². The molecule has 2 rings (SSSR count). The van der Waals surface area contributed by atoms with E-state index in [-0.39, 0.29) is 16.7 Å². The lowest BCUT2D eigenvalue weighted by atomic mass is 9.87. The lowest BCUT2D eigenvalue weighted by Crippen LogP contribution is -2.13. The van der Waals surface area contributed by atoms with E-state index in [1.165, 1.54) is 11.1 Å². The van der Waals surface area contributed by atoms with E-state index in [1.54, 1.807) is 0 Å². The molecule has 0 heterocycles. The van der Waals surface area contributed by atoms with Gasteiger partial charge in [-0.25, -0.2) is 0 Å². The maximum atomic E-state index is 12.5. The zero-order valence-corrected chi connectivity index (χ0v) is 17.1. The van der Waals surface area contributed by atoms with Gasteiger partial charge in [0.1, 0.15) is 0 Å². The molecule has 0 aliphatic heterocycles. The van der Waals surface area contributed by atoms with Gasteiger partial charge in [-0.15, -0.1) is 0 Å². The highest BCUT2D eigenvalue weighted by atomic mass is 16.1. The van der Waals surface area contributed by atoms with Crippen LogP contribution in [-0.2, 0) is 5.41 Å². The fourth-order valence-corrected chi connectivity index (χ4v) is 2.87. The zero-order valence-electron chi connectivity index (χ0n) is 17.1. The molecule has 2 nitrogen and oxygen atoms in total. The molecule has 26 heavy (non-hydrogen) atoms. The van der Waals surface area contributed by atoms with Crippen LogP contribution in [0.5, 0.6) is 0 Å². The monoisotopic (exact) mass is 349 g/mol. The topological polar surface area (TPSA) is 29.1 Å². The first-order valence-electron chi connectivity index (χ1n) is 9.17. The number of allylic oxidation sites excluding steroid dienone is 2. The number of nitrogens with one attached hydrogen (secondary N) is 1. The molecule has 2 aromatic rings. The van der Waals surface area contributed by atoms with Crippen LogP contribution in [0.1, 0.15) is 70.0 Å². The van der Waals surface area contributed by atoms with Crippen LogP contribution in [0.3, 0.4) is 0 Å². The molecule has 1 amide bonds. The van der Waals surface area contributed by atoms with Crippen LogP contribution in [0.4, 0.5) is 5.69 Å². The largest absolute Gasteiger partial charge is 0.322 e. The van der Waals surface area contributed by atoms with Crippen LogP contribution in [0.2, 0.25) is 0 Å². The summed E-state index contributed by atoms with van der Waals surface area (Å²) in [6, 6.07) is 15.8. The summed E-state index contributed by atoms with van der Waals surface area (Å²) in [5.41, 5.74) is 5.35. The van der Waals surface area contributed by atoms with Crippen LogP contribution in [0.15, 0.2) is 54.6 Å². The Morgan fingerprint density at radius 3 is 1.77 bits per heavy atom. The van der Waals surface area contributed by atoms with Gasteiger partial charge >= 0.3 is 0 Å². The predicted octanol–water partition coefficient (Wildman–Crippen LogP) is 6.69. The molecule has 0 aliphatic rings. The first-order chi connectivity index (χ1) is 12.0. The fourth-order valence-electron chi connectivity index (χ4n) is 2.87. The predicted molar refractivity (Wildman–Crippen MR) is 113 cm³/mol. The Morgan fingerprint density at radius 2 is 1.31 bits per heavy atom. The van der Waals surface area contributed by atoms with Gasteiger partial charge in [0.2, 0.25) is 0 Å². The van der Waals surface area contributed by atoms with Crippen LogP contribution in [0.25, 0.3) is 5.57 Å². The van der Waals surface area contributed by atoms with Crippen LogP contribution in [0, 0.1) is 5.41 Å². The van der Waals surface area contributed by atoms with E-state index in [2.05, 4.69) is 72.0 Å². The quantitative estimate of drug-likeness (QED) is 0.657. The molecule has 0 atom stereocenters. The number of benzene rings is 2. The standard InChI is InChI=1S/C24H31NO/c1-17(16-23(2,3)4)18-8-10-19(11-9-18)22(26)25-21-14-12-20(13-15-21)24(5,6)7/h8-16H,1-7H3,(H,25,26). The van der Waals surface area contributed by atoms with Gasteiger partial charge in [0.15, 0.2) is 0 Å². The summed E-state index contributed by atoms with van der Waals surface area (Å²) in [5, 5.41) is 2.97. The second-order valence-electron chi connectivity index (χ2n) is 9.05. The van der Waals surface area contributed by atoms with Crippen LogP contribution < -0.4 is 5.32 Å². The number of carbonyl (C=O) groups excluding carboxylic acids is 1. The Labute approximate surface area is 158 Å². The fraction of sp³-hybridized carbons (Fsp3) is 0.375. The minimum Gasteiger partial charge on any atom is -0.322 e. The maximum Gasteiger partial charge on any atom is 0.255 e. The van der Waals surface area contributed by atoms with Gasteiger partial charge in [-0.05, 0) is 58.7 Å². The second kappa shape index (κ2) is 7.49. The summed E-state index contributed by atoms with van der Waals surface area (Å²) in [4.78, 5) is 12.5. The average molecular weight is 350 g/mol. The molecule has 0 saturated carbocycles. The van der Waals surface area contributed by atoms with Crippen molar-refractivity contribution in [2.45, 2.75) is 53.9 Å². The molecular weight excluding hydrogens is 318 g/mol. The van der Waals surface area contributed by atoms with E-state index < -0.39 is 0 Å². The third kappa shape index (κ3) is 5.59. The molecule has 2 heteroatoms. The smallest absolute Gasteiger partial charge is 0.255 e. The van der Waals surface area contributed by atoms with Gasteiger partial charge in [0.25, 0.3) is 5.91 Å². The summed E-state index contributed by atoms with van der Waals surface area (Å²) in [5.74, 6) is -0.0856. The van der Waals surface area contributed by atoms with Crippen molar-refractivity contribution in [1.29, 1.82) is 0 Å². The minimum absolute atomic E-state index is 0.0856. The summed E-state index contributed by atoms with van der Waals surface area (Å²) < 4.78 is 0. The number of anilines is 1. The average Bonchev–Trinajstić information content (AvgIpc) is 2.53. The summed E-state index contributed by atoms with van der Waals surface area (Å²) >= 11 is 0. The number of carbonyl (C=O) groups is 1. The van der Waals surface area contributed by atoms with Crippen molar-refractivity contribution in [3.63, 3.8) is 0 Å². The zero-order chi connectivity index (χ0) is 19.5. The highest BCUT2D eigenvalue weighted by molar-refractivity contribution is 6.04. The molecule has 0 bridgehead atoms. The summed E-state index contributed by atoms with van der Waals surface area (Å²) in [7, 11) is 0. The van der Waals surface area contributed by atoms with Crippen molar-refractivity contribution in [3.05, 3.63) is 71.3 Å². The molecular formula is C24H31NO. The number of hydrogen-bond donors (Lipinski definition) is 1. The Kier molecular flexibility index (Phi) is 5.75. The molecule has 1 N–H and O–H groups in total. The summed E-state index contributed by atoms with van der Waals surface area (Å²) in [6.45, 7) is 15.2. The Bertz CT molecular complexity index is 782.